The Labute approximate surface area is 124 Å². The number of nitrogens with zero attached hydrogens (tertiary/aromatic N) is 1. The van der Waals surface area contributed by atoms with Crippen molar-refractivity contribution in [1.82, 2.24) is 4.90 Å². The summed E-state index contributed by atoms with van der Waals surface area (Å²) in [6.45, 7) is 4.56. The van der Waals surface area contributed by atoms with E-state index in [0.717, 1.165) is 19.4 Å². The topological polar surface area (TPSA) is 66.8 Å². The third-order valence-corrected chi connectivity index (χ3v) is 3.91. The van der Waals surface area contributed by atoms with Gasteiger partial charge in [-0.1, -0.05) is 0 Å². The smallest absolute Gasteiger partial charge is 0.335 e. The second-order valence-corrected chi connectivity index (χ2v) is 5.50. The first-order chi connectivity index (χ1) is 9.99. The Hall–Kier alpha value is -2.04. The van der Waals surface area contributed by atoms with Crippen LogP contribution in [0.4, 0.5) is 0 Å². The zero-order chi connectivity index (χ0) is 15.4. The highest BCUT2D eigenvalue weighted by molar-refractivity contribution is 5.89. The molecule has 0 spiro atoms. The van der Waals surface area contributed by atoms with Crippen molar-refractivity contribution < 1.29 is 19.4 Å². The van der Waals surface area contributed by atoms with Crippen molar-refractivity contribution in [1.29, 1.82) is 0 Å². The molecule has 1 aromatic rings. The number of rotatable bonds is 4. The molecule has 0 aromatic heterocycles. The molecule has 2 rings (SSSR count). The third-order valence-electron chi connectivity index (χ3n) is 3.91. The number of ether oxygens (including phenoxy) is 1. The van der Waals surface area contributed by atoms with Gasteiger partial charge in [0.15, 0.2) is 6.61 Å². The molecule has 0 radical (unpaired) electrons. The highest BCUT2D eigenvalue weighted by atomic mass is 16.5. The van der Waals surface area contributed by atoms with Gasteiger partial charge in [-0.05, 0) is 56.9 Å². The molecule has 1 atom stereocenters. The van der Waals surface area contributed by atoms with Crippen molar-refractivity contribution in [2.75, 3.05) is 13.2 Å². The normalized spacial score (nSPS) is 18.4. The van der Waals surface area contributed by atoms with Crippen LogP contribution in [0.2, 0.25) is 0 Å². The molecule has 1 aliphatic heterocycles. The first-order valence-corrected chi connectivity index (χ1v) is 7.25. The lowest BCUT2D eigenvalue weighted by molar-refractivity contribution is -0.136. The number of aryl methyl sites for hydroxylation is 1. The minimum Gasteiger partial charge on any atom is -0.484 e. The highest BCUT2D eigenvalue weighted by Crippen LogP contribution is 2.19. The van der Waals surface area contributed by atoms with E-state index in [0.29, 0.717) is 11.3 Å². The second kappa shape index (κ2) is 6.61. The Morgan fingerprint density at radius 3 is 2.76 bits per heavy atom. The van der Waals surface area contributed by atoms with Crippen molar-refractivity contribution in [3.8, 4) is 5.75 Å². The Balaban J connectivity index is 1.95. The summed E-state index contributed by atoms with van der Waals surface area (Å²) in [5.74, 6) is -0.449. The number of likely N-dealkylation sites (tertiary alicyclic amines) is 1. The first-order valence-electron chi connectivity index (χ1n) is 7.25. The van der Waals surface area contributed by atoms with E-state index in [4.69, 9.17) is 9.84 Å². The Morgan fingerprint density at radius 2 is 2.14 bits per heavy atom. The molecule has 1 N–H and O–H groups in total. The van der Waals surface area contributed by atoms with E-state index in [2.05, 4.69) is 6.92 Å². The molecule has 114 valence electrons. The SMILES string of the molecule is Cc1cc(OCC(=O)N2CCCCC2C)ccc1C(=O)O. The van der Waals surface area contributed by atoms with Crippen LogP contribution in [-0.2, 0) is 4.79 Å². The van der Waals surface area contributed by atoms with Gasteiger partial charge in [0.25, 0.3) is 5.91 Å². The van der Waals surface area contributed by atoms with Crippen LogP contribution in [0.5, 0.6) is 5.75 Å². The second-order valence-electron chi connectivity index (χ2n) is 5.50. The Morgan fingerprint density at radius 1 is 1.38 bits per heavy atom. The fraction of sp³-hybridized carbons (Fsp3) is 0.500. The maximum absolute atomic E-state index is 12.1. The number of hydrogen-bond donors (Lipinski definition) is 1. The van der Waals surface area contributed by atoms with Gasteiger partial charge in [-0.25, -0.2) is 4.79 Å². The predicted molar refractivity (Wildman–Crippen MR) is 78.7 cm³/mol. The summed E-state index contributed by atoms with van der Waals surface area (Å²) in [6.07, 6.45) is 3.25. The van der Waals surface area contributed by atoms with E-state index in [9.17, 15) is 9.59 Å². The Kier molecular flexibility index (Phi) is 4.83. The van der Waals surface area contributed by atoms with Gasteiger partial charge in [-0.2, -0.15) is 0 Å². The molecular weight excluding hydrogens is 270 g/mol. The van der Waals surface area contributed by atoms with E-state index >= 15 is 0 Å². The van der Waals surface area contributed by atoms with Crippen LogP contribution in [0.25, 0.3) is 0 Å². The quantitative estimate of drug-likeness (QED) is 0.925. The maximum atomic E-state index is 12.1. The largest absolute Gasteiger partial charge is 0.484 e. The van der Waals surface area contributed by atoms with Gasteiger partial charge in [0.05, 0.1) is 5.56 Å². The van der Waals surface area contributed by atoms with Gasteiger partial charge < -0.3 is 14.7 Å². The summed E-state index contributed by atoms with van der Waals surface area (Å²) in [5.41, 5.74) is 0.872. The lowest BCUT2D eigenvalue weighted by Gasteiger charge is -2.33. The van der Waals surface area contributed by atoms with E-state index in [1.54, 1.807) is 19.1 Å². The van der Waals surface area contributed by atoms with E-state index in [1.165, 1.54) is 12.5 Å². The van der Waals surface area contributed by atoms with Crippen molar-refractivity contribution >= 4 is 11.9 Å². The highest BCUT2D eigenvalue weighted by Gasteiger charge is 2.23. The van der Waals surface area contributed by atoms with Crippen molar-refractivity contribution in [3.05, 3.63) is 29.3 Å². The van der Waals surface area contributed by atoms with E-state index in [-0.39, 0.29) is 24.1 Å². The molecule has 1 aliphatic rings. The van der Waals surface area contributed by atoms with Crippen LogP contribution >= 0.6 is 0 Å². The molecule has 5 heteroatoms. The van der Waals surface area contributed by atoms with Crippen LogP contribution in [0.1, 0.15) is 42.1 Å². The molecule has 0 aliphatic carbocycles. The Bertz CT molecular complexity index is 541. The zero-order valence-corrected chi connectivity index (χ0v) is 12.5. The predicted octanol–water partition coefficient (Wildman–Crippen LogP) is 2.47. The molecule has 1 heterocycles. The third kappa shape index (κ3) is 3.74. The van der Waals surface area contributed by atoms with Gasteiger partial charge in [0, 0.05) is 12.6 Å². The molecule has 1 fully saturated rings. The minimum absolute atomic E-state index is 0.00377. The molecule has 0 saturated carbocycles. The van der Waals surface area contributed by atoms with E-state index < -0.39 is 5.97 Å². The standard InChI is InChI=1S/C16H21NO4/c1-11-9-13(6-7-14(11)16(19)20)21-10-15(18)17-8-4-3-5-12(17)2/h6-7,9,12H,3-5,8,10H2,1-2H3,(H,19,20). The average Bonchev–Trinajstić information content (AvgIpc) is 2.45. The lowest BCUT2D eigenvalue weighted by atomic mass is 10.0. The fourth-order valence-corrected chi connectivity index (χ4v) is 2.66. The molecule has 1 aromatic carbocycles. The number of carboxylic acid groups (broad SMARTS) is 1. The van der Waals surface area contributed by atoms with Gasteiger partial charge in [-0.3, -0.25) is 4.79 Å². The van der Waals surface area contributed by atoms with Gasteiger partial charge >= 0.3 is 5.97 Å². The summed E-state index contributed by atoms with van der Waals surface area (Å²) in [4.78, 5) is 25.0. The van der Waals surface area contributed by atoms with Crippen LogP contribution in [0.15, 0.2) is 18.2 Å². The molecular formula is C16H21NO4. The average molecular weight is 291 g/mol. The van der Waals surface area contributed by atoms with Gasteiger partial charge in [0.2, 0.25) is 0 Å². The monoisotopic (exact) mass is 291 g/mol. The molecule has 0 bridgehead atoms. The van der Waals surface area contributed by atoms with Gasteiger partial charge in [0.1, 0.15) is 5.75 Å². The summed E-state index contributed by atoms with van der Waals surface area (Å²) in [6, 6.07) is 5.01. The first kappa shape index (κ1) is 15.4. The molecule has 21 heavy (non-hydrogen) atoms. The molecule has 5 nitrogen and oxygen atoms in total. The number of carbonyl (C=O) groups is 2. The molecule has 1 unspecified atom stereocenters. The fourth-order valence-electron chi connectivity index (χ4n) is 2.66. The van der Waals surface area contributed by atoms with Crippen molar-refractivity contribution in [3.63, 3.8) is 0 Å². The van der Waals surface area contributed by atoms with Crippen molar-refractivity contribution in [2.45, 2.75) is 39.2 Å². The number of piperidine rings is 1. The minimum atomic E-state index is -0.961. The van der Waals surface area contributed by atoms with Crippen LogP contribution < -0.4 is 4.74 Å². The number of carboxylic acids is 1. The number of amides is 1. The maximum Gasteiger partial charge on any atom is 0.335 e. The zero-order valence-electron chi connectivity index (χ0n) is 12.5. The van der Waals surface area contributed by atoms with E-state index in [1.807, 2.05) is 4.90 Å². The summed E-state index contributed by atoms with van der Waals surface area (Å²) in [5, 5.41) is 8.97. The number of carbonyl (C=O) groups excluding carboxylic acids is 1. The van der Waals surface area contributed by atoms with Crippen LogP contribution in [-0.4, -0.2) is 41.1 Å². The van der Waals surface area contributed by atoms with Gasteiger partial charge in [-0.15, -0.1) is 0 Å². The molecule has 1 amide bonds. The number of aromatic carboxylic acids is 1. The number of hydrogen-bond acceptors (Lipinski definition) is 3. The molecule has 1 saturated heterocycles. The van der Waals surface area contributed by atoms with Crippen molar-refractivity contribution in [2.24, 2.45) is 0 Å². The summed E-state index contributed by atoms with van der Waals surface area (Å²) in [7, 11) is 0. The van der Waals surface area contributed by atoms with Crippen LogP contribution in [0.3, 0.4) is 0 Å². The van der Waals surface area contributed by atoms with Crippen LogP contribution in [0, 0.1) is 6.92 Å². The number of benzene rings is 1. The summed E-state index contributed by atoms with van der Waals surface area (Å²) >= 11 is 0. The summed E-state index contributed by atoms with van der Waals surface area (Å²) < 4.78 is 5.50. The lowest BCUT2D eigenvalue weighted by Crippen LogP contribution is -2.44.